The molecule has 2 N–H and O–H groups in total. The van der Waals surface area contributed by atoms with E-state index in [0.29, 0.717) is 17.4 Å². The molecule has 7 rings (SSSR count). The molecule has 4 saturated carbocycles. The van der Waals surface area contributed by atoms with Crippen LogP contribution in [-0.4, -0.2) is 39.4 Å². The summed E-state index contributed by atoms with van der Waals surface area (Å²) < 4.78 is 6.31. The van der Waals surface area contributed by atoms with Crippen LogP contribution in [0.1, 0.15) is 81.8 Å². The van der Waals surface area contributed by atoms with Gasteiger partial charge in [0.1, 0.15) is 5.52 Å². The second-order valence-corrected chi connectivity index (χ2v) is 11.2. The second-order valence-electron chi connectivity index (χ2n) is 11.2. The Morgan fingerprint density at radius 2 is 2.00 bits per heavy atom. The molecule has 0 unspecified atom stereocenters. The van der Waals surface area contributed by atoms with Gasteiger partial charge in [0, 0.05) is 41.2 Å². The van der Waals surface area contributed by atoms with Crippen molar-refractivity contribution in [3.05, 3.63) is 41.1 Å². The topological polar surface area (TPSA) is 86.3 Å². The van der Waals surface area contributed by atoms with Crippen molar-refractivity contribution in [2.45, 2.75) is 95.3 Å². The third kappa shape index (κ3) is 3.35. The summed E-state index contributed by atoms with van der Waals surface area (Å²) in [6.45, 7) is 6.56. The Balaban J connectivity index is 1.35. The predicted octanol–water partition coefficient (Wildman–Crippen LogP) is 4.50. The van der Waals surface area contributed by atoms with Gasteiger partial charge in [-0.25, -0.2) is 4.98 Å². The fourth-order valence-electron chi connectivity index (χ4n) is 6.51. The maximum Gasteiger partial charge on any atom is 0.111 e. The third-order valence-corrected chi connectivity index (χ3v) is 7.94. The molecule has 1 aliphatic heterocycles. The molecule has 2 aromatic heterocycles. The molecule has 3 heterocycles. The zero-order chi connectivity index (χ0) is 22.1. The average Bonchev–Trinajstić information content (AvgIpc) is 3.54. The predicted molar refractivity (Wildman–Crippen MR) is 126 cm³/mol. The smallest absolute Gasteiger partial charge is 0.111 e. The first kappa shape index (κ1) is 20.3. The second kappa shape index (κ2) is 7.08. The summed E-state index contributed by atoms with van der Waals surface area (Å²) in [6.07, 6.45) is 13.5. The lowest BCUT2D eigenvalue weighted by Gasteiger charge is -2.69. The van der Waals surface area contributed by atoms with Crippen molar-refractivity contribution in [3.63, 3.8) is 0 Å². The van der Waals surface area contributed by atoms with Gasteiger partial charge >= 0.3 is 0 Å². The highest BCUT2D eigenvalue weighted by atomic mass is 16.5. The monoisotopic (exact) mass is 431 g/mol. The first-order chi connectivity index (χ1) is 15.4. The third-order valence-electron chi connectivity index (χ3n) is 7.94. The van der Waals surface area contributed by atoms with Crippen LogP contribution in [0.15, 0.2) is 29.0 Å². The van der Waals surface area contributed by atoms with Gasteiger partial charge in [0.05, 0.1) is 35.2 Å². The molecule has 0 spiro atoms. The SMILES string of the molecule is Cc1cnc2c(C34CC(C)(C3)C4)nc([C@H]3C[C@H](C)O[C@@H](/C(C=NC4CC4)=C/N)C3)cc2n1. The number of ether oxygens (including phenoxy) is 1. The summed E-state index contributed by atoms with van der Waals surface area (Å²) in [7, 11) is 0. The van der Waals surface area contributed by atoms with Crippen LogP contribution in [0.5, 0.6) is 0 Å². The summed E-state index contributed by atoms with van der Waals surface area (Å²) in [5, 5.41) is 0. The maximum absolute atomic E-state index is 6.31. The molecule has 2 bridgehead atoms. The Hall–Kier alpha value is -2.34. The molecule has 0 radical (unpaired) electrons. The van der Waals surface area contributed by atoms with Crippen LogP contribution >= 0.6 is 0 Å². The highest BCUT2D eigenvalue weighted by Crippen LogP contribution is 2.73. The molecular weight excluding hydrogens is 398 g/mol. The Labute approximate surface area is 189 Å². The summed E-state index contributed by atoms with van der Waals surface area (Å²) in [5.41, 5.74) is 13.0. The number of rotatable bonds is 5. The maximum atomic E-state index is 6.31. The minimum atomic E-state index is -0.0466. The number of aryl methyl sites for hydroxylation is 1. The van der Waals surface area contributed by atoms with Crippen molar-refractivity contribution < 1.29 is 4.74 Å². The quantitative estimate of drug-likeness (QED) is 0.704. The number of hydrogen-bond acceptors (Lipinski definition) is 6. The van der Waals surface area contributed by atoms with Gasteiger partial charge in [0.15, 0.2) is 0 Å². The molecule has 3 atom stereocenters. The number of hydrogen-bond donors (Lipinski definition) is 1. The fraction of sp³-hybridized carbons (Fsp3) is 0.615. The number of nitrogens with two attached hydrogens (primary N) is 1. The number of nitrogens with zero attached hydrogens (tertiary/aromatic N) is 4. The molecular formula is C26H33N5O. The first-order valence-electron chi connectivity index (χ1n) is 12.1. The van der Waals surface area contributed by atoms with Crippen LogP contribution in [0.25, 0.3) is 11.0 Å². The standard InChI is InChI=1S/C26H33N5O/c1-15-10-29-23-21(30-15)8-20(31-24(23)26-12-25(3,13-26)14-26)17-6-16(2)32-22(7-17)18(9-27)11-28-19-4-5-19/h8-11,16-17,19,22H,4-7,12-14,27H2,1-3H3/b18-9+,28-11?/t16-,17-,22+,25?,26?/m0/s1. The minimum Gasteiger partial charge on any atom is -0.404 e. The van der Waals surface area contributed by atoms with Crippen LogP contribution in [0.4, 0.5) is 0 Å². The molecule has 0 aromatic carbocycles. The summed E-state index contributed by atoms with van der Waals surface area (Å²) in [6, 6.07) is 2.65. The van der Waals surface area contributed by atoms with Crippen LogP contribution in [0, 0.1) is 12.3 Å². The van der Waals surface area contributed by atoms with Crippen molar-refractivity contribution in [1.82, 2.24) is 15.0 Å². The molecule has 6 heteroatoms. The van der Waals surface area contributed by atoms with Crippen molar-refractivity contribution in [1.29, 1.82) is 0 Å². The summed E-state index contributed by atoms with van der Waals surface area (Å²) in [4.78, 5) is 19.6. The van der Waals surface area contributed by atoms with E-state index in [-0.39, 0.29) is 17.6 Å². The van der Waals surface area contributed by atoms with Crippen molar-refractivity contribution in [2.24, 2.45) is 16.1 Å². The van der Waals surface area contributed by atoms with Crippen LogP contribution in [0.2, 0.25) is 0 Å². The van der Waals surface area contributed by atoms with E-state index >= 15 is 0 Å². The number of aliphatic imine (C=N–C) groups is 1. The van der Waals surface area contributed by atoms with E-state index in [1.54, 1.807) is 6.20 Å². The van der Waals surface area contributed by atoms with Gasteiger partial charge in [0.2, 0.25) is 0 Å². The largest absolute Gasteiger partial charge is 0.404 e. The Kier molecular flexibility index (Phi) is 4.49. The van der Waals surface area contributed by atoms with E-state index in [1.807, 2.05) is 19.3 Å². The van der Waals surface area contributed by atoms with Crippen LogP contribution < -0.4 is 5.73 Å². The lowest BCUT2D eigenvalue weighted by Crippen LogP contribution is -2.63. The van der Waals surface area contributed by atoms with Crippen LogP contribution in [-0.2, 0) is 10.2 Å². The van der Waals surface area contributed by atoms with Gasteiger partial charge in [-0.2, -0.15) is 0 Å². The van der Waals surface area contributed by atoms with E-state index < -0.39 is 0 Å². The summed E-state index contributed by atoms with van der Waals surface area (Å²) >= 11 is 0. The Bertz CT molecular complexity index is 1110. The molecule has 6 nitrogen and oxygen atoms in total. The highest BCUT2D eigenvalue weighted by molar-refractivity contribution is 5.80. The van der Waals surface area contributed by atoms with Crippen molar-refractivity contribution in [2.75, 3.05) is 0 Å². The molecule has 0 amide bonds. The Morgan fingerprint density at radius 3 is 2.69 bits per heavy atom. The average molecular weight is 432 g/mol. The number of pyridine rings is 1. The minimum absolute atomic E-state index is 0.0466. The van der Waals surface area contributed by atoms with Crippen molar-refractivity contribution in [3.8, 4) is 0 Å². The van der Waals surface area contributed by atoms with Crippen molar-refractivity contribution >= 4 is 17.2 Å². The lowest BCUT2D eigenvalue weighted by molar-refractivity contribution is -0.127. The molecule has 32 heavy (non-hydrogen) atoms. The number of fused-ring (bicyclic) bond motifs is 1. The van der Waals surface area contributed by atoms with Gasteiger partial charge in [0.25, 0.3) is 0 Å². The zero-order valence-electron chi connectivity index (χ0n) is 19.3. The van der Waals surface area contributed by atoms with Gasteiger partial charge in [-0.3, -0.25) is 15.0 Å². The molecule has 2 aromatic rings. The van der Waals surface area contributed by atoms with E-state index in [0.717, 1.165) is 40.8 Å². The van der Waals surface area contributed by atoms with E-state index in [1.165, 1.54) is 37.8 Å². The van der Waals surface area contributed by atoms with E-state index in [4.69, 9.17) is 25.4 Å². The normalized spacial score (nSPS) is 36.8. The molecule has 5 aliphatic rings. The first-order valence-corrected chi connectivity index (χ1v) is 12.1. The van der Waals surface area contributed by atoms with E-state index in [2.05, 4.69) is 24.9 Å². The van der Waals surface area contributed by atoms with Gasteiger partial charge < -0.3 is 10.5 Å². The molecule has 1 saturated heterocycles. The fourth-order valence-corrected chi connectivity index (χ4v) is 6.51. The highest BCUT2D eigenvalue weighted by Gasteiger charge is 2.67. The van der Waals surface area contributed by atoms with Crippen LogP contribution in [0.3, 0.4) is 0 Å². The summed E-state index contributed by atoms with van der Waals surface area (Å²) in [5.74, 6) is 0.307. The van der Waals surface area contributed by atoms with E-state index in [9.17, 15) is 0 Å². The zero-order valence-corrected chi connectivity index (χ0v) is 19.3. The molecule has 4 aliphatic carbocycles. The van der Waals surface area contributed by atoms with Gasteiger partial charge in [-0.15, -0.1) is 0 Å². The van der Waals surface area contributed by atoms with Gasteiger partial charge in [-0.1, -0.05) is 6.92 Å². The molecule has 168 valence electrons. The number of aromatic nitrogens is 3. The van der Waals surface area contributed by atoms with Gasteiger partial charge in [-0.05, 0) is 70.3 Å². The Morgan fingerprint density at radius 1 is 1.22 bits per heavy atom. The lowest BCUT2D eigenvalue weighted by atomic mass is 9.35. The molecule has 5 fully saturated rings.